The van der Waals surface area contributed by atoms with Crippen LogP contribution in [0.1, 0.15) is 28.0 Å². The summed E-state index contributed by atoms with van der Waals surface area (Å²) in [6.45, 7) is 5.00. The van der Waals surface area contributed by atoms with Crippen molar-refractivity contribution >= 4 is 56.6 Å². The van der Waals surface area contributed by atoms with Crippen LogP contribution >= 0.6 is 11.6 Å². The minimum Gasteiger partial charge on any atom is -0.493 e. The summed E-state index contributed by atoms with van der Waals surface area (Å²) in [6, 6.07) is 22.5. The van der Waals surface area contributed by atoms with Crippen LogP contribution in [-0.4, -0.2) is 99.0 Å². The van der Waals surface area contributed by atoms with Crippen LogP contribution in [0.5, 0.6) is 11.5 Å². The summed E-state index contributed by atoms with van der Waals surface area (Å²) in [5, 5.41) is 12.1. The van der Waals surface area contributed by atoms with Crippen molar-refractivity contribution in [3.05, 3.63) is 137 Å². The number of methoxy groups -OCH3 is 1. The van der Waals surface area contributed by atoms with Crippen molar-refractivity contribution < 1.29 is 27.8 Å². The number of hydrogen-bond acceptors (Lipinski definition) is 12. The summed E-state index contributed by atoms with van der Waals surface area (Å²) >= 11 is 5.90. The van der Waals surface area contributed by atoms with Crippen LogP contribution < -0.4 is 20.1 Å². The molecule has 0 aliphatic carbocycles. The normalized spacial score (nSPS) is 12.9. The van der Waals surface area contributed by atoms with E-state index in [4.69, 9.17) is 25.8 Å². The molecule has 0 atom stereocenters. The highest BCUT2D eigenvalue weighted by atomic mass is 35.5. The summed E-state index contributed by atoms with van der Waals surface area (Å²) in [6.07, 6.45) is 8.01. The molecule has 5 heterocycles. The molecule has 0 spiro atoms. The minimum absolute atomic E-state index is 0.0191. The molecule has 8 aromatic rings. The standard InChI is InChI=1S/C23H17FN6O.C22H24ClFN4O3/c1-25-22(31)18-6-5-16(11-19(18)24)21-13-28-23-27-12-17(30(23)29-21)10-14-4-7-20-15(9-14)3-2-8-26-20;1-29-20-13-19-16(12-21(20)31-8-2-5-28-6-9-30-10-7-28)22(26-14-25-19)27-15-3-4-18(24)17(23)11-15/h2-9,11-13H,10H2,1H3,(H,25,31);3-4,11-14H,2,5-10H2,1H3,(H,25,26,27). The predicted molar refractivity (Wildman–Crippen MR) is 232 cm³/mol. The first kappa shape index (κ1) is 41.8. The van der Waals surface area contributed by atoms with Gasteiger partial charge in [0.05, 0.1) is 66.6 Å². The van der Waals surface area contributed by atoms with Gasteiger partial charge in [-0.15, -0.1) is 0 Å². The van der Waals surface area contributed by atoms with Crippen molar-refractivity contribution in [2.45, 2.75) is 12.8 Å². The summed E-state index contributed by atoms with van der Waals surface area (Å²) in [5.74, 6) is 0.678. The molecule has 2 N–H and O–H groups in total. The highest BCUT2D eigenvalue weighted by molar-refractivity contribution is 6.31. The molecular formula is C45H41ClF2N10O4. The molecule has 14 nitrogen and oxygen atoms in total. The van der Waals surface area contributed by atoms with Crippen LogP contribution in [0.2, 0.25) is 5.02 Å². The molecule has 62 heavy (non-hydrogen) atoms. The smallest absolute Gasteiger partial charge is 0.253 e. The zero-order valence-electron chi connectivity index (χ0n) is 33.8. The molecule has 1 amide bonds. The zero-order chi connectivity index (χ0) is 43.0. The number of imidazole rings is 1. The van der Waals surface area contributed by atoms with Crippen molar-refractivity contribution in [3.8, 4) is 22.8 Å². The van der Waals surface area contributed by atoms with Gasteiger partial charge in [-0.1, -0.05) is 29.8 Å². The lowest BCUT2D eigenvalue weighted by Crippen LogP contribution is -2.37. The number of pyridine rings is 1. The fraction of sp³-hybridized carbons (Fsp3) is 0.222. The third kappa shape index (κ3) is 9.68. The van der Waals surface area contributed by atoms with E-state index in [1.54, 1.807) is 42.3 Å². The van der Waals surface area contributed by atoms with Crippen LogP contribution in [0.15, 0.2) is 104 Å². The molecule has 0 bridgehead atoms. The number of benzene rings is 4. The van der Waals surface area contributed by atoms with E-state index < -0.39 is 17.5 Å². The number of amides is 1. The highest BCUT2D eigenvalue weighted by Gasteiger charge is 2.16. The molecule has 1 fully saturated rings. The Morgan fingerprint density at radius 3 is 2.55 bits per heavy atom. The van der Waals surface area contributed by atoms with Gasteiger partial charge in [-0.2, -0.15) is 5.10 Å². The molecule has 316 valence electrons. The Bertz CT molecular complexity index is 2880. The number of anilines is 2. The van der Waals surface area contributed by atoms with Crippen LogP contribution in [0.3, 0.4) is 0 Å². The number of ether oxygens (including phenoxy) is 3. The number of rotatable bonds is 12. The molecule has 1 aliphatic rings. The van der Waals surface area contributed by atoms with Crippen LogP contribution in [0, 0.1) is 11.6 Å². The Kier molecular flexibility index (Phi) is 13.0. The van der Waals surface area contributed by atoms with Crippen molar-refractivity contribution in [3.63, 3.8) is 0 Å². The average Bonchev–Trinajstić information content (AvgIpc) is 3.70. The molecule has 1 aliphatic heterocycles. The first-order valence-electron chi connectivity index (χ1n) is 19.8. The molecular weight excluding hydrogens is 818 g/mol. The zero-order valence-corrected chi connectivity index (χ0v) is 34.6. The molecule has 1 saturated heterocycles. The molecule has 4 aromatic carbocycles. The number of carbonyl (C=O) groups excluding carboxylic acids is 1. The molecule has 0 unspecified atom stereocenters. The number of hydrogen-bond donors (Lipinski definition) is 2. The number of morpholine rings is 1. The second-order valence-electron chi connectivity index (χ2n) is 14.2. The fourth-order valence-corrected chi connectivity index (χ4v) is 7.13. The van der Waals surface area contributed by atoms with Crippen molar-refractivity contribution in [1.29, 1.82) is 0 Å². The fourth-order valence-electron chi connectivity index (χ4n) is 6.95. The van der Waals surface area contributed by atoms with Gasteiger partial charge >= 0.3 is 0 Å². The number of nitrogens with zero attached hydrogens (tertiary/aromatic N) is 8. The topological polar surface area (TPSA) is 154 Å². The molecule has 0 radical (unpaired) electrons. The van der Waals surface area contributed by atoms with E-state index in [2.05, 4.69) is 51.6 Å². The molecule has 9 rings (SSSR count). The second kappa shape index (κ2) is 19.2. The highest BCUT2D eigenvalue weighted by Crippen LogP contribution is 2.35. The van der Waals surface area contributed by atoms with Gasteiger partial charge in [-0.05, 0) is 66.6 Å². The number of fused-ring (bicyclic) bond motifs is 3. The third-order valence-electron chi connectivity index (χ3n) is 10.2. The quantitative estimate of drug-likeness (QED) is 0.116. The van der Waals surface area contributed by atoms with Crippen LogP contribution in [0.4, 0.5) is 20.3 Å². The lowest BCUT2D eigenvalue weighted by atomic mass is 10.1. The van der Waals surface area contributed by atoms with Gasteiger partial charge in [0.15, 0.2) is 11.5 Å². The molecule has 0 saturated carbocycles. The van der Waals surface area contributed by atoms with E-state index in [0.29, 0.717) is 58.6 Å². The monoisotopic (exact) mass is 858 g/mol. The largest absolute Gasteiger partial charge is 0.493 e. The van der Waals surface area contributed by atoms with E-state index in [9.17, 15) is 13.6 Å². The van der Waals surface area contributed by atoms with Gasteiger partial charge < -0.3 is 24.8 Å². The number of aromatic nitrogens is 7. The Morgan fingerprint density at radius 2 is 1.74 bits per heavy atom. The van der Waals surface area contributed by atoms with Gasteiger partial charge in [-0.3, -0.25) is 14.7 Å². The predicted octanol–water partition coefficient (Wildman–Crippen LogP) is 7.70. The van der Waals surface area contributed by atoms with E-state index in [1.807, 2.05) is 36.4 Å². The SMILES string of the molecule is CNC(=O)c1ccc(-c2cnc3ncc(Cc4ccc5ncccc5c4)n3n2)cc1F.COc1cc2ncnc(Nc3ccc(F)c(Cl)c3)c2cc1OCCCN1CCOCC1. The van der Waals surface area contributed by atoms with E-state index in [-0.39, 0.29) is 10.6 Å². The van der Waals surface area contributed by atoms with Gasteiger partial charge in [0.25, 0.3) is 11.7 Å². The third-order valence-corrected chi connectivity index (χ3v) is 10.5. The summed E-state index contributed by atoms with van der Waals surface area (Å²) < 4.78 is 46.4. The number of nitrogens with one attached hydrogen (secondary N) is 2. The first-order chi connectivity index (χ1) is 30.3. The van der Waals surface area contributed by atoms with Gasteiger partial charge in [0.2, 0.25) is 0 Å². The van der Waals surface area contributed by atoms with Crippen molar-refractivity contribution in [2.75, 3.05) is 58.9 Å². The van der Waals surface area contributed by atoms with Gasteiger partial charge in [0.1, 0.15) is 29.5 Å². The summed E-state index contributed by atoms with van der Waals surface area (Å²) in [5.41, 5.74) is 5.19. The second-order valence-corrected chi connectivity index (χ2v) is 14.6. The minimum atomic E-state index is -0.616. The van der Waals surface area contributed by atoms with Gasteiger partial charge in [0, 0.05) is 67.4 Å². The van der Waals surface area contributed by atoms with Crippen molar-refractivity contribution in [2.24, 2.45) is 0 Å². The maximum atomic E-state index is 14.4. The molecule has 4 aromatic heterocycles. The number of carbonyl (C=O) groups is 1. The maximum absolute atomic E-state index is 14.4. The van der Waals surface area contributed by atoms with Gasteiger partial charge in [-0.25, -0.2) is 33.2 Å². The Hall–Kier alpha value is -6.88. The van der Waals surface area contributed by atoms with E-state index >= 15 is 0 Å². The average molecular weight is 859 g/mol. The summed E-state index contributed by atoms with van der Waals surface area (Å²) in [4.78, 5) is 35.8. The summed E-state index contributed by atoms with van der Waals surface area (Å²) in [7, 11) is 3.06. The van der Waals surface area contributed by atoms with E-state index in [0.717, 1.165) is 66.8 Å². The number of halogens is 3. The molecule has 17 heteroatoms. The Morgan fingerprint density at radius 1 is 0.887 bits per heavy atom. The van der Waals surface area contributed by atoms with Crippen LogP contribution in [-0.2, 0) is 11.2 Å². The maximum Gasteiger partial charge on any atom is 0.253 e. The van der Waals surface area contributed by atoms with Crippen molar-refractivity contribution in [1.82, 2.24) is 44.8 Å². The van der Waals surface area contributed by atoms with Crippen LogP contribution in [0.25, 0.3) is 38.8 Å². The Balaban J connectivity index is 0.000000171. The lowest BCUT2D eigenvalue weighted by molar-refractivity contribution is 0.0357. The van der Waals surface area contributed by atoms with E-state index in [1.165, 1.54) is 37.6 Å². The first-order valence-corrected chi connectivity index (χ1v) is 20.2. The lowest BCUT2D eigenvalue weighted by Gasteiger charge is -2.26. The Labute approximate surface area is 359 Å².